The zero-order chi connectivity index (χ0) is 20.2. The van der Waals surface area contributed by atoms with E-state index in [1.54, 1.807) is 17.6 Å². The number of hydrogen-bond donors (Lipinski definition) is 4. The molecule has 4 aromatic rings. The predicted octanol–water partition coefficient (Wildman–Crippen LogP) is 2.47. The van der Waals surface area contributed by atoms with Crippen LogP contribution in [0.2, 0.25) is 0 Å². The third-order valence-electron chi connectivity index (χ3n) is 4.01. The molecule has 0 saturated heterocycles. The highest BCUT2D eigenvalue weighted by molar-refractivity contribution is 7.14. The molecule has 0 atom stereocenters. The van der Waals surface area contributed by atoms with E-state index in [4.69, 9.17) is 4.42 Å². The largest absolute Gasteiger partial charge is 0.459 e. The molecule has 0 unspecified atom stereocenters. The van der Waals surface area contributed by atoms with Gasteiger partial charge in [0.05, 0.1) is 23.9 Å². The first-order valence-corrected chi connectivity index (χ1v) is 9.42. The summed E-state index contributed by atoms with van der Waals surface area (Å²) in [5.41, 5.74) is 6.48. The number of rotatable bonds is 5. The Morgan fingerprint density at radius 3 is 2.76 bits per heavy atom. The number of nitrogens with one attached hydrogen (secondary N) is 4. The van der Waals surface area contributed by atoms with Crippen LogP contribution in [0.25, 0.3) is 10.9 Å². The molecule has 29 heavy (non-hydrogen) atoms. The lowest BCUT2D eigenvalue weighted by Gasteiger charge is -2.06. The number of amides is 3. The van der Waals surface area contributed by atoms with E-state index in [0.717, 1.165) is 10.9 Å². The third-order valence-corrected chi connectivity index (χ3v) is 4.81. The van der Waals surface area contributed by atoms with E-state index in [2.05, 4.69) is 26.1 Å². The maximum atomic E-state index is 12.3. The molecule has 0 saturated carbocycles. The van der Waals surface area contributed by atoms with E-state index in [1.807, 2.05) is 24.3 Å². The number of carbonyl (C=O) groups is 3. The lowest BCUT2D eigenvalue weighted by molar-refractivity contribution is -0.121. The van der Waals surface area contributed by atoms with Crippen LogP contribution in [-0.2, 0) is 11.2 Å². The van der Waals surface area contributed by atoms with Crippen LogP contribution in [-0.4, -0.2) is 27.7 Å². The number of anilines is 1. The zero-order valence-corrected chi connectivity index (χ0v) is 15.7. The average Bonchev–Trinajstić information content (AvgIpc) is 3.47. The molecule has 0 bridgehead atoms. The van der Waals surface area contributed by atoms with Crippen LogP contribution in [0.3, 0.4) is 0 Å². The number of furan rings is 1. The second-order valence-corrected chi connectivity index (χ2v) is 6.86. The second kappa shape index (κ2) is 7.98. The van der Waals surface area contributed by atoms with Gasteiger partial charge in [-0.1, -0.05) is 18.2 Å². The maximum Gasteiger partial charge on any atom is 0.293 e. The van der Waals surface area contributed by atoms with E-state index in [-0.39, 0.29) is 12.2 Å². The topological polar surface area (TPSA) is 129 Å². The third kappa shape index (κ3) is 4.17. The number of hydrogen-bond acceptors (Lipinski definition) is 6. The van der Waals surface area contributed by atoms with Crippen molar-refractivity contribution >= 4 is 45.1 Å². The van der Waals surface area contributed by atoms with Crippen molar-refractivity contribution in [2.75, 3.05) is 5.32 Å². The smallest absolute Gasteiger partial charge is 0.293 e. The molecule has 10 heteroatoms. The highest BCUT2D eigenvalue weighted by atomic mass is 32.1. The van der Waals surface area contributed by atoms with Crippen LogP contribution in [0, 0.1) is 0 Å². The summed E-state index contributed by atoms with van der Waals surface area (Å²) in [7, 11) is 0. The molecule has 0 aliphatic rings. The Hall–Kier alpha value is -3.92. The number of benzene rings is 1. The number of nitrogens with zero attached hydrogens (tertiary/aromatic N) is 1. The maximum absolute atomic E-state index is 12.3. The van der Waals surface area contributed by atoms with Gasteiger partial charge in [0.1, 0.15) is 0 Å². The van der Waals surface area contributed by atoms with E-state index >= 15 is 0 Å². The van der Waals surface area contributed by atoms with Crippen molar-refractivity contribution in [3.63, 3.8) is 0 Å². The molecule has 146 valence electrons. The first-order valence-electron chi connectivity index (χ1n) is 8.55. The number of H-pyrrole nitrogens is 1. The molecule has 4 N–H and O–H groups in total. The monoisotopic (exact) mass is 409 g/mol. The summed E-state index contributed by atoms with van der Waals surface area (Å²) in [6.07, 6.45) is 2.93. The first kappa shape index (κ1) is 18.4. The van der Waals surface area contributed by atoms with Gasteiger partial charge in [-0.3, -0.25) is 30.6 Å². The molecule has 9 nitrogen and oxygen atoms in total. The number of carbonyl (C=O) groups excluding carboxylic acids is 3. The van der Waals surface area contributed by atoms with Gasteiger partial charge < -0.3 is 9.40 Å². The first-order chi connectivity index (χ1) is 14.1. The van der Waals surface area contributed by atoms with Gasteiger partial charge >= 0.3 is 0 Å². The van der Waals surface area contributed by atoms with Gasteiger partial charge in [-0.25, -0.2) is 4.98 Å². The quantitative estimate of drug-likeness (QED) is 0.376. The summed E-state index contributed by atoms with van der Waals surface area (Å²) in [4.78, 5) is 43.5. The summed E-state index contributed by atoms with van der Waals surface area (Å²) in [6, 6.07) is 10.5. The molecule has 1 aromatic carbocycles. The van der Waals surface area contributed by atoms with Crippen LogP contribution in [0.1, 0.15) is 26.6 Å². The Morgan fingerprint density at radius 1 is 1.07 bits per heavy atom. The fourth-order valence-electron chi connectivity index (χ4n) is 2.67. The number of fused-ring (bicyclic) bond motifs is 1. The van der Waals surface area contributed by atoms with Crippen LogP contribution in [0.5, 0.6) is 0 Å². The Labute approximate surface area is 168 Å². The van der Waals surface area contributed by atoms with Crippen LogP contribution in [0.4, 0.5) is 5.13 Å². The van der Waals surface area contributed by atoms with Gasteiger partial charge in [-0.05, 0) is 18.2 Å². The molecule has 3 amide bonds. The van der Waals surface area contributed by atoms with Gasteiger partial charge in [-0.15, -0.1) is 11.3 Å². The lowest BCUT2D eigenvalue weighted by atomic mass is 10.2. The van der Waals surface area contributed by atoms with Crippen molar-refractivity contribution in [2.45, 2.75) is 6.42 Å². The van der Waals surface area contributed by atoms with E-state index in [0.29, 0.717) is 16.4 Å². The van der Waals surface area contributed by atoms with E-state index in [9.17, 15) is 14.4 Å². The molecule has 0 fully saturated rings. The Balaban J connectivity index is 1.30. The Kier molecular flexibility index (Phi) is 5.08. The van der Waals surface area contributed by atoms with Gasteiger partial charge in [0.2, 0.25) is 5.91 Å². The summed E-state index contributed by atoms with van der Waals surface area (Å²) in [5.74, 6) is -1.13. The van der Waals surface area contributed by atoms with Crippen molar-refractivity contribution in [3.8, 4) is 0 Å². The van der Waals surface area contributed by atoms with Crippen molar-refractivity contribution in [2.24, 2.45) is 0 Å². The number of aromatic nitrogens is 2. The standard InChI is InChI=1S/C19H15N5O4S/c25-16(23-24-17(26)13-9-20-14-5-2-1-4-12(13)14)8-11-10-29-19(21-11)22-18(27)15-6-3-7-28-15/h1-7,9-10,20H,8H2,(H,23,25)(H,24,26)(H,21,22,27). The molecule has 0 aliphatic heterocycles. The highest BCUT2D eigenvalue weighted by Gasteiger charge is 2.15. The molecule has 4 rings (SSSR count). The van der Waals surface area contributed by atoms with Crippen molar-refractivity contribution < 1.29 is 18.8 Å². The Morgan fingerprint density at radius 2 is 1.93 bits per heavy atom. The predicted molar refractivity (Wildman–Crippen MR) is 106 cm³/mol. The second-order valence-electron chi connectivity index (χ2n) is 6.00. The summed E-state index contributed by atoms with van der Waals surface area (Å²) < 4.78 is 5.01. The van der Waals surface area contributed by atoms with Crippen molar-refractivity contribution in [1.82, 2.24) is 20.8 Å². The normalized spacial score (nSPS) is 10.6. The molecule has 0 radical (unpaired) electrons. The van der Waals surface area contributed by atoms with E-state index < -0.39 is 17.7 Å². The number of aromatic amines is 1. The number of para-hydroxylation sites is 1. The van der Waals surface area contributed by atoms with E-state index in [1.165, 1.54) is 23.7 Å². The molecular formula is C19H15N5O4S. The van der Waals surface area contributed by atoms with Crippen molar-refractivity contribution in [3.05, 3.63) is 71.3 Å². The molecule has 3 heterocycles. The molecule has 0 aliphatic carbocycles. The minimum atomic E-state index is -0.438. The molecule has 0 spiro atoms. The van der Waals surface area contributed by atoms with Gasteiger partial charge in [0, 0.05) is 22.5 Å². The summed E-state index contributed by atoms with van der Waals surface area (Å²) in [5, 5.41) is 5.35. The van der Waals surface area contributed by atoms with Crippen molar-refractivity contribution in [1.29, 1.82) is 0 Å². The molecule has 3 aromatic heterocycles. The average molecular weight is 409 g/mol. The fraction of sp³-hybridized carbons (Fsp3) is 0.0526. The highest BCUT2D eigenvalue weighted by Crippen LogP contribution is 2.18. The van der Waals surface area contributed by atoms with Crippen LogP contribution >= 0.6 is 11.3 Å². The van der Waals surface area contributed by atoms with Gasteiger partial charge in [0.15, 0.2) is 10.9 Å². The lowest BCUT2D eigenvalue weighted by Crippen LogP contribution is -2.42. The molecular weight excluding hydrogens is 394 g/mol. The fourth-order valence-corrected chi connectivity index (χ4v) is 3.38. The minimum Gasteiger partial charge on any atom is -0.459 e. The summed E-state index contributed by atoms with van der Waals surface area (Å²) >= 11 is 1.18. The number of hydrazine groups is 1. The van der Waals surface area contributed by atoms with Crippen LogP contribution < -0.4 is 16.2 Å². The summed E-state index contributed by atoms with van der Waals surface area (Å²) in [6.45, 7) is 0. The van der Waals surface area contributed by atoms with Crippen LogP contribution in [0.15, 0.2) is 58.7 Å². The van der Waals surface area contributed by atoms with Gasteiger partial charge in [-0.2, -0.15) is 0 Å². The number of thiazole rings is 1. The Bertz CT molecular complexity index is 1180. The SMILES string of the molecule is O=C(Cc1csc(NC(=O)c2ccco2)n1)NNC(=O)c1c[nH]c2ccccc12. The van der Waals surface area contributed by atoms with Gasteiger partial charge in [0.25, 0.3) is 11.8 Å². The zero-order valence-electron chi connectivity index (χ0n) is 14.9. The minimum absolute atomic E-state index is 0.0543.